The fraction of sp³-hybridized carbons (Fsp3) is 0.316. The lowest BCUT2D eigenvalue weighted by Gasteiger charge is -2.36. The number of nitrogens with zero attached hydrogens (tertiary/aromatic N) is 1. The zero-order valence-electron chi connectivity index (χ0n) is 13.7. The molecular weight excluding hydrogens is 361 g/mol. The monoisotopic (exact) mass is 379 g/mol. The van der Waals surface area contributed by atoms with Gasteiger partial charge in [-0.3, -0.25) is 4.79 Å². The minimum atomic E-state index is 0.0645. The molecule has 0 aliphatic carbocycles. The molecule has 1 atom stereocenters. The van der Waals surface area contributed by atoms with Crippen molar-refractivity contribution in [3.05, 3.63) is 63.1 Å². The van der Waals surface area contributed by atoms with Gasteiger partial charge in [0.2, 0.25) is 5.91 Å². The molecule has 0 spiro atoms. The Kier molecular flexibility index (Phi) is 5.43. The van der Waals surface area contributed by atoms with E-state index in [1.54, 1.807) is 30.0 Å². The largest absolute Gasteiger partial charge is 0.335 e. The lowest BCUT2D eigenvalue weighted by Crippen LogP contribution is -2.40. The Morgan fingerprint density at radius 3 is 2.54 bits per heavy atom. The van der Waals surface area contributed by atoms with Crippen LogP contribution in [0.25, 0.3) is 0 Å². The molecule has 126 valence electrons. The number of hydrogen-bond acceptors (Lipinski definition) is 2. The topological polar surface area (TPSA) is 20.3 Å². The second kappa shape index (κ2) is 7.38. The molecule has 0 N–H and O–H groups in total. The summed E-state index contributed by atoms with van der Waals surface area (Å²) in [5.41, 5.74) is 3.32. The summed E-state index contributed by atoms with van der Waals surface area (Å²) < 4.78 is 0. The maximum absolute atomic E-state index is 12.9. The first-order chi connectivity index (χ1) is 11.5. The number of rotatable bonds is 3. The second-order valence-corrected chi connectivity index (χ2v) is 7.58. The van der Waals surface area contributed by atoms with Crippen molar-refractivity contribution in [2.24, 2.45) is 0 Å². The number of carbonyl (C=O) groups excluding carboxylic acids is 1. The fourth-order valence-corrected chi connectivity index (χ4v) is 4.53. The van der Waals surface area contributed by atoms with E-state index in [0.29, 0.717) is 15.6 Å². The van der Waals surface area contributed by atoms with Crippen LogP contribution in [0.1, 0.15) is 29.7 Å². The highest BCUT2D eigenvalue weighted by Gasteiger charge is 2.29. The van der Waals surface area contributed by atoms with Gasteiger partial charge in [0.05, 0.1) is 12.5 Å². The van der Waals surface area contributed by atoms with Crippen LogP contribution in [-0.2, 0) is 17.6 Å². The lowest BCUT2D eigenvalue weighted by atomic mass is 9.93. The highest BCUT2D eigenvalue weighted by Crippen LogP contribution is 2.35. The van der Waals surface area contributed by atoms with E-state index >= 15 is 0 Å². The van der Waals surface area contributed by atoms with E-state index in [-0.39, 0.29) is 18.4 Å². The zero-order chi connectivity index (χ0) is 17.3. The molecule has 0 aromatic heterocycles. The van der Waals surface area contributed by atoms with Gasteiger partial charge in [0.1, 0.15) is 0 Å². The lowest BCUT2D eigenvalue weighted by molar-refractivity contribution is -0.133. The first kappa shape index (κ1) is 17.7. The summed E-state index contributed by atoms with van der Waals surface area (Å²) >= 11 is 14.2. The summed E-state index contributed by atoms with van der Waals surface area (Å²) in [5.74, 6) is 0.0673. The van der Waals surface area contributed by atoms with Gasteiger partial charge in [0.25, 0.3) is 0 Å². The summed E-state index contributed by atoms with van der Waals surface area (Å²) in [6.07, 6.45) is 3.22. The molecule has 0 radical (unpaired) electrons. The number of benzene rings is 2. The Morgan fingerprint density at radius 2 is 1.88 bits per heavy atom. The average molecular weight is 380 g/mol. The number of carbonyl (C=O) groups is 1. The van der Waals surface area contributed by atoms with E-state index in [1.165, 1.54) is 16.0 Å². The molecule has 2 aromatic carbocycles. The summed E-state index contributed by atoms with van der Waals surface area (Å²) in [6, 6.07) is 11.8. The van der Waals surface area contributed by atoms with Gasteiger partial charge in [-0.1, -0.05) is 41.4 Å². The van der Waals surface area contributed by atoms with Gasteiger partial charge in [-0.25, -0.2) is 0 Å². The Morgan fingerprint density at radius 1 is 1.21 bits per heavy atom. The molecule has 5 heteroatoms. The maximum Gasteiger partial charge on any atom is 0.227 e. The van der Waals surface area contributed by atoms with Crippen molar-refractivity contribution in [3.63, 3.8) is 0 Å². The average Bonchev–Trinajstić information content (AvgIpc) is 2.58. The maximum atomic E-state index is 12.9. The number of thioether (sulfide) groups is 1. The van der Waals surface area contributed by atoms with Crippen molar-refractivity contribution in [3.8, 4) is 0 Å². The van der Waals surface area contributed by atoms with Crippen LogP contribution in [0.3, 0.4) is 0 Å². The Labute approximate surface area is 157 Å². The predicted molar refractivity (Wildman–Crippen MR) is 102 cm³/mol. The van der Waals surface area contributed by atoms with E-state index in [9.17, 15) is 4.79 Å². The second-order valence-electron chi connectivity index (χ2n) is 5.92. The van der Waals surface area contributed by atoms with Crippen LogP contribution in [-0.4, -0.2) is 23.6 Å². The van der Waals surface area contributed by atoms with Crippen molar-refractivity contribution in [2.45, 2.75) is 30.7 Å². The van der Waals surface area contributed by atoms with Crippen molar-refractivity contribution in [2.75, 3.05) is 12.8 Å². The molecule has 24 heavy (non-hydrogen) atoms. The Bertz CT molecular complexity index is 758. The van der Waals surface area contributed by atoms with E-state index < -0.39 is 0 Å². The molecule has 1 aliphatic heterocycles. The zero-order valence-corrected chi connectivity index (χ0v) is 16.0. The summed E-state index contributed by atoms with van der Waals surface area (Å²) in [5, 5.41) is 1.09. The minimum absolute atomic E-state index is 0.0645. The molecule has 0 saturated carbocycles. The molecule has 1 amide bonds. The van der Waals surface area contributed by atoms with Gasteiger partial charge in [-0.2, -0.15) is 0 Å². The van der Waals surface area contributed by atoms with Crippen LogP contribution in [0.15, 0.2) is 41.3 Å². The fourth-order valence-electron chi connectivity index (χ4n) is 3.32. The first-order valence-corrected chi connectivity index (χ1v) is 9.89. The quantitative estimate of drug-likeness (QED) is 0.664. The molecule has 2 aromatic rings. The molecule has 1 heterocycles. The van der Waals surface area contributed by atoms with Gasteiger partial charge in [-0.05, 0) is 54.5 Å². The van der Waals surface area contributed by atoms with E-state index in [4.69, 9.17) is 23.2 Å². The van der Waals surface area contributed by atoms with Crippen LogP contribution in [0, 0.1) is 0 Å². The molecule has 1 aliphatic rings. The van der Waals surface area contributed by atoms with Gasteiger partial charge < -0.3 is 4.90 Å². The van der Waals surface area contributed by atoms with E-state index in [0.717, 1.165) is 13.0 Å². The summed E-state index contributed by atoms with van der Waals surface area (Å²) in [4.78, 5) is 16.1. The molecular formula is C19H19Cl2NOS. The smallest absolute Gasteiger partial charge is 0.227 e. The Balaban J connectivity index is 1.84. The highest BCUT2D eigenvalue weighted by molar-refractivity contribution is 7.98. The van der Waals surface area contributed by atoms with Crippen LogP contribution in [0.5, 0.6) is 0 Å². The highest BCUT2D eigenvalue weighted by atomic mass is 35.5. The number of halogens is 2. The third kappa shape index (κ3) is 3.30. The molecule has 0 bridgehead atoms. The predicted octanol–water partition coefficient (Wildman–Crippen LogP) is 5.40. The molecule has 0 saturated heterocycles. The summed E-state index contributed by atoms with van der Waals surface area (Å²) in [6.45, 7) is 2.82. The third-order valence-electron chi connectivity index (χ3n) is 4.62. The van der Waals surface area contributed by atoms with Crippen molar-refractivity contribution in [1.82, 2.24) is 4.90 Å². The third-order valence-corrected chi connectivity index (χ3v) is 6.15. The molecule has 3 rings (SSSR count). The number of amides is 1. The van der Waals surface area contributed by atoms with Gasteiger partial charge in [-0.15, -0.1) is 11.8 Å². The van der Waals surface area contributed by atoms with Crippen LogP contribution < -0.4 is 0 Å². The van der Waals surface area contributed by atoms with Crippen molar-refractivity contribution >= 4 is 40.9 Å². The van der Waals surface area contributed by atoms with Gasteiger partial charge in [0, 0.05) is 21.5 Å². The van der Waals surface area contributed by atoms with Gasteiger partial charge in [0.15, 0.2) is 0 Å². The number of fused-ring (bicyclic) bond motifs is 1. The Hall–Kier alpha value is -1.16. The van der Waals surface area contributed by atoms with Crippen molar-refractivity contribution in [1.29, 1.82) is 0 Å². The van der Waals surface area contributed by atoms with Crippen LogP contribution in [0.4, 0.5) is 0 Å². The standard InChI is InChI=1S/C19H19Cl2NOS/c1-12-13-5-3-8-18(24-2)14(13)9-10-22(12)19(23)11-15-16(20)6-4-7-17(15)21/h3-8,12H,9-11H2,1-2H3/t12-/m0/s1. The minimum Gasteiger partial charge on any atom is -0.335 e. The van der Waals surface area contributed by atoms with Crippen LogP contribution >= 0.6 is 35.0 Å². The normalized spacial score (nSPS) is 16.8. The SMILES string of the molecule is CSc1cccc2c1CCN(C(=O)Cc1c(Cl)cccc1Cl)[C@H]2C. The van der Waals surface area contributed by atoms with E-state index in [2.05, 4.69) is 31.4 Å². The first-order valence-electron chi connectivity index (χ1n) is 7.91. The van der Waals surface area contributed by atoms with Gasteiger partial charge >= 0.3 is 0 Å². The summed E-state index contributed by atoms with van der Waals surface area (Å²) in [7, 11) is 0. The van der Waals surface area contributed by atoms with Crippen LogP contribution in [0.2, 0.25) is 10.0 Å². The molecule has 0 unspecified atom stereocenters. The molecule has 2 nitrogen and oxygen atoms in total. The van der Waals surface area contributed by atoms with Crippen molar-refractivity contribution < 1.29 is 4.79 Å². The molecule has 0 fully saturated rings. The van der Waals surface area contributed by atoms with E-state index in [1.807, 2.05) is 4.90 Å². The number of hydrogen-bond donors (Lipinski definition) is 0.